The van der Waals surface area contributed by atoms with E-state index in [9.17, 15) is 13.2 Å². The van der Waals surface area contributed by atoms with Crippen LogP contribution in [0, 0.1) is 5.92 Å². The molecular weight excluding hydrogens is 288 g/mol. The maximum atomic E-state index is 11.4. The van der Waals surface area contributed by atoms with E-state index < -0.39 is 10.1 Å². The number of nitrogens with one attached hydrogen (secondary N) is 2. The predicted octanol–water partition coefficient (Wildman–Crippen LogP) is 1.16. The Hall–Kier alpha value is -1.51. The highest BCUT2D eigenvalue weighted by Crippen LogP contribution is 2.28. The first-order valence-corrected chi connectivity index (χ1v) is 7.40. The van der Waals surface area contributed by atoms with Crippen molar-refractivity contribution in [1.29, 1.82) is 0 Å². The molecule has 1 aliphatic carbocycles. The number of hydrogen-bond acceptors (Lipinski definition) is 4. The predicted molar refractivity (Wildman–Crippen MR) is 73.3 cm³/mol. The van der Waals surface area contributed by atoms with Crippen molar-refractivity contribution in [3.8, 4) is 0 Å². The van der Waals surface area contributed by atoms with E-state index in [2.05, 4.69) is 10.6 Å². The highest BCUT2D eigenvalue weighted by molar-refractivity contribution is 7.85. The molecule has 19 heavy (non-hydrogen) atoms. The first-order valence-electron chi connectivity index (χ1n) is 5.55. The second kappa shape index (κ2) is 5.24. The molecule has 0 radical (unpaired) electrons. The standard InChI is InChI=1S/C11H12N2O4S2/c14-10(7-1-2-7)13-11(18)12-8-3-5-9(6-4-8)19(15,16)17/h3-7H,1-2H2,(H,15,16,17)(H2,12,13,14,18). The van der Waals surface area contributed by atoms with E-state index in [-0.39, 0.29) is 21.8 Å². The van der Waals surface area contributed by atoms with E-state index in [4.69, 9.17) is 16.8 Å². The summed E-state index contributed by atoms with van der Waals surface area (Å²) in [6.07, 6.45) is 1.77. The largest absolute Gasteiger partial charge is 0.332 e. The van der Waals surface area contributed by atoms with Crippen LogP contribution in [0.1, 0.15) is 12.8 Å². The van der Waals surface area contributed by atoms with Crippen molar-refractivity contribution in [3.63, 3.8) is 0 Å². The molecule has 2 rings (SSSR count). The molecular formula is C11H12N2O4S2. The van der Waals surface area contributed by atoms with E-state index in [0.29, 0.717) is 5.69 Å². The summed E-state index contributed by atoms with van der Waals surface area (Å²) in [6, 6.07) is 5.36. The topological polar surface area (TPSA) is 95.5 Å². The van der Waals surface area contributed by atoms with Gasteiger partial charge in [-0.1, -0.05) is 0 Å². The molecule has 0 heterocycles. The Labute approximate surface area is 115 Å². The zero-order valence-corrected chi connectivity index (χ0v) is 11.4. The van der Waals surface area contributed by atoms with Gasteiger partial charge in [-0.3, -0.25) is 9.35 Å². The van der Waals surface area contributed by atoms with Crippen LogP contribution in [0.25, 0.3) is 0 Å². The summed E-state index contributed by atoms with van der Waals surface area (Å²) in [5.74, 6) is -0.0475. The quantitative estimate of drug-likeness (QED) is 0.572. The van der Waals surface area contributed by atoms with Crippen LogP contribution < -0.4 is 10.6 Å². The second-order valence-electron chi connectivity index (χ2n) is 4.22. The molecule has 1 saturated carbocycles. The van der Waals surface area contributed by atoms with E-state index in [1.54, 1.807) is 0 Å². The third-order valence-electron chi connectivity index (χ3n) is 2.59. The molecule has 6 nitrogen and oxygen atoms in total. The van der Waals surface area contributed by atoms with Crippen LogP contribution in [-0.2, 0) is 14.9 Å². The molecule has 1 aromatic carbocycles. The van der Waals surface area contributed by atoms with Crippen molar-refractivity contribution in [2.24, 2.45) is 5.92 Å². The lowest BCUT2D eigenvalue weighted by molar-refractivity contribution is -0.120. The Balaban J connectivity index is 1.95. The second-order valence-corrected chi connectivity index (χ2v) is 6.05. The Bertz CT molecular complexity index is 606. The number of hydrogen-bond donors (Lipinski definition) is 3. The first kappa shape index (κ1) is 13.9. The highest BCUT2D eigenvalue weighted by Gasteiger charge is 2.29. The van der Waals surface area contributed by atoms with E-state index in [1.165, 1.54) is 24.3 Å². The summed E-state index contributed by atoms with van der Waals surface area (Å²) in [7, 11) is -4.20. The van der Waals surface area contributed by atoms with Gasteiger partial charge in [0.2, 0.25) is 5.91 Å². The minimum atomic E-state index is -4.20. The number of carbonyl (C=O) groups excluding carboxylic acids is 1. The Morgan fingerprint density at radius 3 is 2.32 bits per heavy atom. The van der Waals surface area contributed by atoms with Gasteiger partial charge < -0.3 is 10.6 Å². The maximum Gasteiger partial charge on any atom is 0.294 e. The molecule has 1 amide bonds. The molecule has 8 heteroatoms. The number of benzene rings is 1. The molecule has 0 aromatic heterocycles. The fraction of sp³-hybridized carbons (Fsp3) is 0.273. The van der Waals surface area contributed by atoms with Gasteiger partial charge in [0, 0.05) is 11.6 Å². The van der Waals surface area contributed by atoms with Crippen LogP contribution in [0.15, 0.2) is 29.2 Å². The summed E-state index contributed by atoms with van der Waals surface area (Å²) < 4.78 is 30.5. The van der Waals surface area contributed by atoms with Gasteiger partial charge in [0.25, 0.3) is 10.1 Å². The average Bonchev–Trinajstić information content (AvgIpc) is 3.11. The molecule has 0 atom stereocenters. The summed E-state index contributed by atoms with van der Waals surface area (Å²) in [5.41, 5.74) is 0.522. The fourth-order valence-corrected chi connectivity index (χ4v) is 2.13. The molecule has 0 saturated heterocycles. The van der Waals surface area contributed by atoms with E-state index in [0.717, 1.165) is 12.8 Å². The van der Waals surface area contributed by atoms with Gasteiger partial charge in [-0.2, -0.15) is 8.42 Å². The van der Waals surface area contributed by atoms with Crippen LogP contribution >= 0.6 is 12.2 Å². The van der Waals surface area contributed by atoms with Gasteiger partial charge in [0.15, 0.2) is 5.11 Å². The Morgan fingerprint density at radius 1 is 1.26 bits per heavy atom. The molecule has 3 N–H and O–H groups in total. The van der Waals surface area contributed by atoms with Crippen LogP contribution in [0.4, 0.5) is 5.69 Å². The molecule has 0 spiro atoms. The van der Waals surface area contributed by atoms with Crippen LogP contribution in [0.5, 0.6) is 0 Å². The number of thiocarbonyl (C=S) groups is 1. The highest BCUT2D eigenvalue weighted by atomic mass is 32.2. The lowest BCUT2D eigenvalue weighted by Crippen LogP contribution is -2.35. The van der Waals surface area contributed by atoms with E-state index in [1.807, 2.05) is 0 Å². The fourth-order valence-electron chi connectivity index (χ4n) is 1.43. The number of anilines is 1. The lowest BCUT2D eigenvalue weighted by atomic mass is 10.3. The summed E-state index contributed by atoms with van der Waals surface area (Å²) in [4.78, 5) is 11.2. The SMILES string of the molecule is O=C(NC(=S)Nc1ccc(S(=O)(=O)O)cc1)C1CC1. The molecule has 102 valence electrons. The smallest absolute Gasteiger partial charge is 0.294 e. The molecule has 1 aromatic rings. The summed E-state index contributed by atoms with van der Waals surface area (Å²) >= 11 is 4.95. The minimum Gasteiger partial charge on any atom is -0.332 e. The normalized spacial score (nSPS) is 14.8. The average molecular weight is 300 g/mol. The van der Waals surface area contributed by atoms with Crippen molar-refractivity contribution in [2.45, 2.75) is 17.7 Å². The van der Waals surface area contributed by atoms with Gasteiger partial charge in [0.05, 0.1) is 4.90 Å². The van der Waals surface area contributed by atoms with Gasteiger partial charge in [0.1, 0.15) is 0 Å². The summed E-state index contributed by atoms with van der Waals surface area (Å²) in [6.45, 7) is 0. The molecule has 0 unspecified atom stereocenters. The molecule has 1 fully saturated rings. The van der Waals surface area contributed by atoms with Crippen molar-refractivity contribution in [2.75, 3.05) is 5.32 Å². The zero-order valence-electron chi connectivity index (χ0n) is 9.79. The van der Waals surface area contributed by atoms with Crippen molar-refractivity contribution < 1.29 is 17.8 Å². The lowest BCUT2D eigenvalue weighted by Gasteiger charge is -2.09. The number of amides is 1. The molecule has 1 aliphatic rings. The van der Waals surface area contributed by atoms with Gasteiger partial charge >= 0.3 is 0 Å². The number of carbonyl (C=O) groups is 1. The van der Waals surface area contributed by atoms with Gasteiger partial charge in [-0.05, 0) is 49.3 Å². The Morgan fingerprint density at radius 2 is 1.84 bits per heavy atom. The summed E-state index contributed by atoms with van der Waals surface area (Å²) in [5, 5.41) is 5.47. The minimum absolute atomic E-state index is 0.0571. The first-order chi connectivity index (χ1) is 8.86. The third kappa shape index (κ3) is 3.98. The van der Waals surface area contributed by atoms with Crippen molar-refractivity contribution >= 4 is 39.0 Å². The zero-order chi connectivity index (χ0) is 14.0. The van der Waals surface area contributed by atoms with Crippen LogP contribution in [0.3, 0.4) is 0 Å². The number of rotatable bonds is 3. The third-order valence-corrected chi connectivity index (χ3v) is 3.67. The van der Waals surface area contributed by atoms with Crippen LogP contribution in [0.2, 0.25) is 0 Å². The van der Waals surface area contributed by atoms with Crippen molar-refractivity contribution in [1.82, 2.24) is 5.32 Å². The maximum absolute atomic E-state index is 11.4. The molecule has 0 bridgehead atoms. The van der Waals surface area contributed by atoms with E-state index >= 15 is 0 Å². The Kier molecular flexibility index (Phi) is 3.83. The van der Waals surface area contributed by atoms with Crippen molar-refractivity contribution in [3.05, 3.63) is 24.3 Å². The van der Waals surface area contributed by atoms with Crippen LogP contribution in [-0.4, -0.2) is 24.0 Å². The monoisotopic (exact) mass is 300 g/mol. The van der Waals surface area contributed by atoms with Gasteiger partial charge in [-0.15, -0.1) is 0 Å². The molecule has 0 aliphatic heterocycles. The van der Waals surface area contributed by atoms with Gasteiger partial charge in [-0.25, -0.2) is 0 Å².